The maximum absolute atomic E-state index is 13.8. The van der Waals surface area contributed by atoms with Gasteiger partial charge >= 0.3 is 0 Å². The first-order valence-corrected chi connectivity index (χ1v) is 8.01. The van der Waals surface area contributed by atoms with E-state index in [9.17, 15) is 13.6 Å². The zero-order valence-corrected chi connectivity index (χ0v) is 13.4. The highest BCUT2D eigenvalue weighted by Crippen LogP contribution is 2.41. The molecule has 1 saturated carbocycles. The van der Waals surface area contributed by atoms with Gasteiger partial charge in [0.1, 0.15) is 11.4 Å². The molecule has 2 aromatic rings. The number of halogens is 2. The van der Waals surface area contributed by atoms with Crippen LogP contribution in [-0.4, -0.2) is 34.2 Å². The van der Waals surface area contributed by atoms with Gasteiger partial charge in [0.15, 0.2) is 0 Å². The highest BCUT2D eigenvalue weighted by atomic mass is 19.3. The maximum atomic E-state index is 13.8. The quantitative estimate of drug-likeness (QED) is 0.814. The zero-order chi connectivity index (χ0) is 17.3. The number of aromatic nitrogens is 2. The summed E-state index contributed by atoms with van der Waals surface area (Å²) in [6.07, 6.45) is -0.329. The number of benzene rings is 1. The number of rotatable bonds is 7. The summed E-state index contributed by atoms with van der Waals surface area (Å²) >= 11 is 0. The molecule has 1 aromatic heterocycles. The smallest absolute Gasteiger partial charge is 0.270 e. The predicted molar refractivity (Wildman–Crippen MR) is 85.5 cm³/mol. The number of hydrogen-bond acceptors (Lipinski definition) is 4. The number of aryl methyl sites for hydroxylation is 1. The molecular formula is C17H20F2N2O3. The molecule has 24 heavy (non-hydrogen) atoms. The average Bonchev–Trinajstić information content (AvgIpc) is 3.21. The number of nitrogens with one attached hydrogen (secondary N) is 1. The zero-order valence-electron chi connectivity index (χ0n) is 13.4. The van der Waals surface area contributed by atoms with Gasteiger partial charge in [-0.1, -0.05) is 0 Å². The standard InChI is InChI=1S/C17H20F2N2O3/c1-24-11-4-5-12-14(8-11)21-16(23)13(20-12)3-2-6-17(18,19)9-10-7-15(10)22/h4-5,8,10,15,22H,2-3,6-7,9H2,1H3,(H,21,23)/t10-,15+/m0/s1. The molecule has 0 bridgehead atoms. The molecule has 2 N–H and O–H groups in total. The van der Waals surface area contributed by atoms with Crippen molar-refractivity contribution in [1.82, 2.24) is 9.97 Å². The molecule has 0 spiro atoms. The Morgan fingerprint density at radius 3 is 2.88 bits per heavy atom. The van der Waals surface area contributed by atoms with E-state index in [1.807, 2.05) is 0 Å². The van der Waals surface area contributed by atoms with Gasteiger partial charge in [0, 0.05) is 18.9 Å². The number of methoxy groups -OCH3 is 1. The summed E-state index contributed by atoms with van der Waals surface area (Å²) in [5.74, 6) is -2.48. The van der Waals surface area contributed by atoms with Crippen molar-refractivity contribution in [3.05, 3.63) is 34.2 Å². The first-order valence-electron chi connectivity index (χ1n) is 8.01. The molecule has 1 aromatic carbocycles. The number of ether oxygens (including phenoxy) is 1. The molecule has 0 radical (unpaired) electrons. The summed E-state index contributed by atoms with van der Waals surface area (Å²) in [5.41, 5.74) is 1.04. The van der Waals surface area contributed by atoms with E-state index in [-0.39, 0.29) is 42.9 Å². The fourth-order valence-electron chi connectivity index (χ4n) is 2.85. The Morgan fingerprint density at radius 2 is 2.21 bits per heavy atom. The van der Waals surface area contributed by atoms with Crippen molar-refractivity contribution in [2.75, 3.05) is 7.11 Å². The Labute approximate surface area is 137 Å². The molecule has 1 aliphatic carbocycles. The van der Waals surface area contributed by atoms with E-state index in [1.165, 1.54) is 7.11 Å². The predicted octanol–water partition coefficient (Wildman–Crippen LogP) is 2.66. The number of aliphatic hydroxyl groups is 1. The van der Waals surface area contributed by atoms with Crippen LogP contribution in [0, 0.1) is 5.92 Å². The van der Waals surface area contributed by atoms with Gasteiger partial charge in [-0.25, -0.2) is 13.8 Å². The molecule has 7 heteroatoms. The Balaban J connectivity index is 1.64. The second-order valence-electron chi connectivity index (χ2n) is 6.37. The van der Waals surface area contributed by atoms with Gasteiger partial charge < -0.3 is 14.8 Å². The topological polar surface area (TPSA) is 75.2 Å². The number of fused-ring (bicyclic) bond motifs is 1. The number of alkyl halides is 2. The minimum Gasteiger partial charge on any atom is -0.497 e. The summed E-state index contributed by atoms with van der Waals surface area (Å²) in [4.78, 5) is 19.0. The highest BCUT2D eigenvalue weighted by Gasteiger charge is 2.43. The number of H-pyrrole nitrogens is 1. The lowest BCUT2D eigenvalue weighted by Crippen LogP contribution is -2.20. The first-order chi connectivity index (χ1) is 11.4. The number of hydrogen-bond donors (Lipinski definition) is 2. The number of nitrogens with zero attached hydrogens (tertiary/aromatic N) is 1. The molecule has 5 nitrogen and oxygen atoms in total. The van der Waals surface area contributed by atoms with E-state index in [4.69, 9.17) is 9.84 Å². The molecule has 0 unspecified atom stereocenters. The Kier molecular flexibility index (Phi) is 4.54. The second kappa shape index (κ2) is 6.47. The van der Waals surface area contributed by atoms with Crippen LogP contribution in [0.4, 0.5) is 8.78 Å². The maximum Gasteiger partial charge on any atom is 0.270 e. The molecule has 0 aliphatic heterocycles. The van der Waals surface area contributed by atoms with E-state index in [2.05, 4.69) is 9.97 Å². The van der Waals surface area contributed by atoms with Crippen LogP contribution in [-0.2, 0) is 6.42 Å². The van der Waals surface area contributed by atoms with Crippen molar-refractivity contribution < 1.29 is 18.6 Å². The van der Waals surface area contributed by atoms with Crippen molar-refractivity contribution in [2.45, 2.75) is 44.1 Å². The lowest BCUT2D eigenvalue weighted by molar-refractivity contribution is -0.0263. The molecule has 3 rings (SSSR count). The van der Waals surface area contributed by atoms with Crippen molar-refractivity contribution >= 4 is 11.0 Å². The third-order valence-electron chi connectivity index (χ3n) is 4.37. The summed E-state index contributed by atoms with van der Waals surface area (Å²) in [6.45, 7) is 0. The van der Waals surface area contributed by atoms with Gasteiger partial charge in [0.25, 0.3) is 5.56 Å². The minimum absolute atomic E-state index is 0.174. The van der Waals surface area contributed by atoms with Gasteiger partial charge in [0.05, 0.1) is 24.2 Å². The summed E-state index contributed by atoms with van der Waals surface area (Å²) in [5, 5.41) is 9.17. The lowest BCUT2D eigenvalue weighted by atomic mass is 10.0. The van der Waals surface area contributed by atoms with Crippen LogP contribution < -0.4 is 10.3 Å². The van der Waals surface area contributed by atoms with Crippen molar-refractivity contribution in [3.8, 4) is 5.75 Å². The molecule has 0 amide bonds. The highest BCUT2D eigenvalue weighted by molar-refractivity contribution is 5.75. The Morgan fingerprint density at radius 1 is 1.46 bits per heavy atom. The number of aromatic amines is 1. The largest absolute Gasteiger partial charge is 0.497 e. The van der Waals surface area contributed by atoms with Crippen LogP contribution in [0.25, 0.3) is 11.0 Å². The molecule has 0 saturated heterocycles. The van der Waals surface area contributed by atoms with Gasteiger partial charge in [-0.2, -0.15) is 0 Å². The number of aliphatic hydroxyl groups excluding tert-OH is 1. The van der Waals surface area contributed by atoms with Crippen molar-refractivity contribution in [3.63, 3.8) is 0 Å². The van der Waals surface area contributed by atoms with E-state index >= 15 is 0 Å². The minimum atomic E-state index is -2.81. The Bertz CT molecular complexity index is 791. The lowest BCUT2D eigenvalue weighted by Gasteiger charge is -2.15. The molecule has 1 aliphatic rings. The van der Waals surface area contributed by atoms with Gasteiger partial charge in [-0.15, -0.1) is 0 Å². The van der Waals surface area contributed by atoms with Crippen LogP contribution in [0.3, 0.4) is 0 Å². The molecular weight excluding hydrogens is 318 g/mol. The SMILES string of the molecule is COc1ccc2nc(CCCC(F)(F)C[C@@H]3C[C@H]3O)c(=O)[nH]c2c1. The van der Waals surface area contributed by atoms with Gasteiger partial charge in [-0.3, -0.25) is 4.79 Å². The average molecular weight is 338 g/mol. The van der Waals surface area contributed by atoms with Crippen LogP contribution in [0.15, 0.2) is 23.0 Å². The van der Waals surface area contributed by atoms with E-state index < -0.39 is 12.0 Å². The van der Waals surface area contributed by atoms with E-state index in [1.54, 1.807) is 18.2 Å². The summed E-state index contributed by atoms with van der Waals surface area (Å²) < 4.78 is 32.7. The summed E-state index contributed by atoms with van der Waals surface area (Å²) in [7, 11) is 1.53. The van der Waals surface area contributed by atoms with Crippen LogP contribution >= 0.6 is 0 Å². The molecule has 1 heterocycles. The van der Waals surface area contributed by atoms with Crippen LogP contribution in [0.2, 0.25) is 0 Å². The van der Waals surface area contributed by atoms with Crippen molar-refractivity contribution in [1.29, 1.82) is 0 Å². The fraction of sp³-hybridized carbons (Fsp3) is 0.529. The van der Waals surface area contributed by atoms with E-state index in [0.717, 1.165) is 0 Å². The third kappa shape index (κ3) is 3.90. The Hall–Kier alpha value is -2.02. The summed E-state index contributed by atoms with van der Waals surface area (Å²) in [6, 6.07) is 5.12. The first kappa shape index (κ1) is 16.8. The molecule has 1 fully saturated rings. The monoisotopic (exact) mass is 338 g/mol. The molecule has 130 valence electrons. The van der Waals surface area contributed by atoms with Gasteiger partial charge in [0.2, 0.25) is 5.92 Å². The second-order valence-corrected chi connectivity index (χ2v) is 6.37. The molecule has 2 atom stereocenters. The van der Waals surface area contributed by atoms with Crippen molar-refractivity contribution in [2.24, 2.45) is 5.92 Å². The third-order valence-corrected chi connectivity index (χ3v) is 4.37. The van der Waals surface area contributed by atoms with Crippen LogP contribution in [0.1, 0.15) is 31.4 Å². The normalized spacial score (nSPS) is 20.3. The van der Waals surface area contributed by atoms with Crippen LogP contribution in [0.5, 0.6) is 5.75 Å². The fourth-order valence-corrected chi connectivity index (χ4v) is 2.85. The van der Waals surface area contributed by atoms with E-state index in [0.29, 0.717) is 23.2 Å². The van der Waals surface area contributed by atoms with Gasteiger partial charge in [-0.05, 0) is 37.3 Å².